The second-order valence-corrected chi connectivity index (χ2v) is 5.67. The fourth-order valence-corrected chi connectivity index (χ4v) is 2.21. The van der Waals surface area contributed by atoms with Crippen LogP contribution in [0.15, 0.2) is 17.0 Å². The lowest BCUT2D eigenvalue weighted by atomic mass is 10.2. The SMILES string of the molecule is COC(=O)c1cc(Cl)cc(S(=O)(=O)Cl)c1F. The van der Waals surface area contributed by atoms with E-state index in [9.17, 15) is 17.6 Å². The Morgan fingerprint density at radius 1 is 1.44 bits per heavy atom. The van der Waals surface area contributed by atoms with Gasteiger partial charge in [0, 0.05) is 15.7 Å². The lowest BCUT2D eigenvalue weighted by Gasteiger charge is -2.05. The van der Waals surface area contributed by atoms with Gasteiger partial charge in [0.1, 0.15) is 4.90 Å². The number of halogens is 3. The summed E-state index contributed by atoms with van der Waals surface area (Å²) in [5, 5.41) is -0.138. The Morgan fingerprint density at radius 2 is 2.00 bits per heavy atom. The molecule has 0 heterocycles. The van der Waals surface area contributed by atoms with Crippen LogP contribution in [0.2, 0.25) is 5.02 Å². The van der Waals surface area contributed by atoms with Gasteiger partial charge in [0.25, 0.3) is 9.05 Å². The summed E-state index contributed by atoms with van der Waals surface area (Å²) in [7, 11) is 1.69. The van der Waals surface area contributed by atoms with Crippen LogP contribution in [0.25, 0.3) is 0 Å². The summed E-state index contributed by atoms with van der Waals surface area (Å²) in [4.78, 5) is 10.2. The largest absolute Gasteiger partial charge is 0.465 e. The van der Waals surface area contributed by atoms with Crippen molar-refractivity contribution in [2.75, 3.05) is 7.11 Å². The summed E-state index contributed by atoms with van der Waals surface area (Å²) in [5.74, 6) is -2.33. The van der Waals surface area contributed by atoms with Gasteiger partial charge in [0.2, 0.25) is 0 Å². The summed E-state index contributed by atoms with van der Waals surface area (Å²) in [6.45, 7) is 0. The van der Waals surface area contributed by atoms with E-state index in [-0.39, 0.29) is 5.02 Å². The minimum Gasteiger partial charge on any atom is -0.465 e. The predicted molar refractivity (Wildman–Crippen MR) is 55.8 cm³/mol. The Kier molecular flexibility index (Phi) is 3.77. The second-order valence-electron chi connectivity index (χ2n) is 2.69. The first kappa shape index (κ1) is 13.2. The molecule has 1 aromatic rings. The van der Waals surface area contributed by atoms with Gasteiger partial charge < -0.3 is 4.74 Å². The summed E-state index contributed by atoms with van der Waals surface area (Å²) in [5.41, 5.74) is -0.589. The van der Waals surface area contributed by atoms with Gasteiger partial charge in [-0.2, -0.15) is 0 Å². The Morgan fingerprint density at radius 3 is 2.44 bits per heavy atom. The van der Waals surface area contributed by atoms with E-state index < -0.39 is 31.3 Å². The third-order valence-electron chi connectivity index (χ3n) is 1.67. The number of hydrogen-bond donors (Lipinski definition) is 0. The van der Waals surface area contributed by atoms with E-state index >= 15 is 0 Å². The van der Waals surface area contributed by atoms with Crippen LogP contribution in [0.3, 0.4) is 0 Å². The third-order valence-corrected chi connectivity index (χ3v) is 3.21. The van der Waals surface area contributed by atoms with Crippen LogP contribution in [0.5, 0.6) is 0 Å². The highest BCUT2D eigenvalue weighted by atomic mass is 35.7. The lowest BCUT2D eigenvalue weighted by Crippen LogP contribution is -2.08. The van der Waals surface area contributed by atoms with Crippen molar-refractivity contribution in [3.8, 4) is 0 Å². The zero-order valence-corrected chi connectivity index (χ0v) is 10.2. The highest BCUT2D eigenvalue weighted by molar-refractivity contribution is 8.13. The number of benzene rings is 1. The molecule has 0 amide bonds. The molecule has 88 valence electrons. The highest BCUT2D eigenvalue weighted by Gasteiger charge is 2.24. The molecule has 0 fully saturated rings. The molecule has 0 aliphatic heterocycles. The monoisotopic (exact) mass is 286 g/mol. The van der Waals surface area contributed by atoms with Gasteiger partial charge in [-0.05, 0) is 12.1 Å². The minimum atomic E-state index is -4.32. The van der Waals surface area contributed by atoms with E-state index in [1.807, 2.05) is 0 Å². The highest BCUT2D eigenvalue weighted by Crippen LogP contribution is 2.26. The van der Waals surface area contributed by atoms with Crippen molar-refractivity contribution in [1.82, 2.24) is 0 Å². The van der Waals surface area contributed by atoms with Crippen molar-refractivity contribution < 1.29 is 22.3 Å². The summed E-state index contributed by atoms with van der Waals surface area (Å²) in [6, 6.07) is 1.76. The molecule has 0 N–H and O–H groups in total. The average Bonchev–Trinajstić information content (AvgIpc) is 2.18. The lowest BCUT2D eigenvalue weighted by molar-refractivity contribution is 0.0595. The minimum absolute atomic E-state index is 0.138. The van der Waals surface area contributed by atoms with Crippen LogP contribution in [-0.4, -0.2) is 21.5 Å². The van der Waals surface area contributed by atoms with E-state index in [0.29, 0.717) is 0 Å². The zero-order valence-electron chi connectivity index (χ0n) is 7.83. The third kappa shape index (κ3) is 2.63. The average molecular weight is 287 g/mol. The fraction of sp³-hybridized carbons (Fsp3) is 0.125. The first-order valence-corrected chi connectivity index (χ1v) is 6.48. The molecule has 1 rings (SSSR count). The molecule has 16 heavy (non-hydrogen) atoms. The van der Waals surface area contributed by atoms with E-state index in [2.05, 4.69) is 4.74 Å². The van der Waals surface area contributed by atoms with Gasteiger partial charge in [-0.25, -0.2) is 17.6 Å². The van der Waals surface area contributed by atoms with Crippen molar-refractivity contribution >= 4 is 37.3 Å². The first-order chi connectivity index (χ1) is 7.27. The van der Waals surface area contributed by atoms with Crippen LogP contribution >= 0.6 is 22.3 Å². The molecule has 0 atom stereocenters. The maximum Gasteiger partial charge on any atom is 0.340 e. The van der Waals surface area contributed by atoms with Crippen molar-refractivity contribution in [2.24, 2.45) is 0 Å². The zero-order chi connectivity index (χ0) is 12.5. The smallest absolute Gasteiger partial charge is 0.340 e. The maximum absolute atomic E-state index is 13.6. The van der Waals surface area contributed by atoms with E-state index in [1.165, 1.54) is 0 Å². The summed E-state index contributed by atoms with van der Waals surface area (Å²) >= 11 is 5.53. The van der Waals surface area contributed by atoms with Gasteiger partial charge in [-0.15, -0.1) is 0 Å². The number of esters is 1. The molecular weight excluding hydrogens is 282 g/mol. The standard InChI is InChI=1S/C8H5Cl2FO4S/c1-15-8(12)5-2-4(9)3-6(7(5)11)16(10,13)14/h2-3H,1H3. The normalized spacial score (nSPS) is 11.2. The predicted octanol–water partition coefficient (Wildman–Crippen LogP) is 2.19. The molecule has 0 bridgehead atoms. The van der Waals surface area contributed by atoms with E-state index in [4.69, 9.17) is 22.3 Å². The quantitative estimate of drug-likeness (QED) is 0.618. The number of hydrogen-bond acceptors (Lipinski definition) is 4. The summed E-state index contributed by atoms with van der Waals surface area (Å²) in [6.07, 6.45) is 0. The Bertz CT molecular complexity index is 541. The fourth-order valence-electron chi connectivity index (χ4n) is 1.00. The summed E-state index contributed by atoms with van der Waals surface area (Å²) < 4.78 is 39.8. The number of ether oxygens (including phenoxy) is 1. The molecule has 0 aromatic heterocycles. The number of methoxy groups -OCH3 is 1. The number of carbonyl (C=O) groups excluding carboxylic acids is 1. The first-order valence-electron chi connectivity index (χ1n) is 3.79. The van der Waals surface area contributed by atoms with E-state index in [1.54, 1.807) is 0 Å². The van der Waals surface area contributed by atoms with Gasteiger partial charge in [0.05, 0.1) is 12.7 Å². The molecule has 0 saturated heterocycles. The molecule has 0 radical (unpaired) electrons. The Balaban J connectivity index is 3.56. The Labute approximate surface area is 100 Å². The Hall–Kier alpha value is -0.850. The topological polar surface area (TPSA) is 60.4 Å². The van der Waals surface area contributed by atoms with Gasteiger partial charge in [-0.3, -0.25) is 0 Å². The molecule has 0 aliphatic rings. The van der Waals surface area contributed by atoms with Crippen LogP contribution < -0.4 is 0 Å². The molecule has 4 nitrogen and oxygen atoms in total. The molecule has 0 aliphatic carbocycles. The maximum atomic E-state index is 13.6. The van der Waals surface area contributed by atoms with Gasteiger partial charge >= 0.3 is 5.97 Å². The number of rotatable bonds is 2. The van der Waals surface area contributed by atoms with Crippen LogP contribution in [0.4, 0.5) is 4.39 Å². The second kappa shape index (κ2) is 4.57. The number of carbonyl (C=O) groups is 1. The van der Waals surface area contributed by atoms with Gasteiger partial charge in [0.15, 0.2) is 5.82 Å². The van der Waals surface area contributed by atoms with Crippen molar-refractivity contribution in [2.45, 2.75) is 4.90 Å². The van der Waals surface area contributed by atoms with Gasteiger partial charge in [-0.1, -0.05) is 11.6 Å². The van der Waals surface area contributed by atoms with Crippen LogP contribution in [0.1, 0.15) is 10.4 Å². The molecule has 0 spiro atoms. The molecule has 8 heteroatoms. The molecule has 0 unspecified atom stereocenters. The molecule has 1 aromatic carbocycles. The van der Waals surface area contributed by atoms with Crippen molar-refractivity contribution in [3.63, 3.8) is 0 Å². The van der Waals surface area contributed by atoms with Crippen LogP contribution in [0, 0.1) is 5.82 Å². The molecule has 0 saturated carbocycles. The van der Waals surface area contributed by atoms with Crippen LogP contribution in [-0.2, 0) is 13.8 Å². The molecular formula is C8H5Cl2FO4S. The van der Waals surface area contributed by atoms with Crippen molar-refractivity contribution in [3.05, 3.63) is 28.5 Å². The van der Waals surface area contributed by atoms with E-state index in [0.717, 1.165) is 19.2 Å². The van der Waals surface area contributed by atoms with Crippen molar-refractivity contribution in [1.29, 1.82) is 0 Å².